The van der Waals surface area contributed by atoms with Crippen molar-refractivity contribution in [2.45, 2.75) is 18.6 Å². The number of nitrogens with one attached hydrogen (secondary N) is 2. The van der Waals surface area contributed by atoms with Crippen molar-refractivity contribution in [3.8, 4) is 11.1 Å². The first-order valence-electron chi connectivity index (χ1n) is 8.97. The molecule has 4 N–H and O–H groups in total. The molecule has 0 unspecified atom stereocenters. The van der Waals surface area contributed by atoms with Crippen molar-refractivity contribution in [2.24, 2.45) is 5.73 Å². The Kier molecular flexibility index (Phi) is 4.79. The van der Waals surface area contributed by atoms with E-state index in [1.54, 1.807) is 11.0 Å². The van der Waals surface area contributed by atoms with Gasteiger partial charge in [-0.25, -0.2) is 18.6 Å². The Labute approximate surface area is 165 Å². The fraction of sp³-hybridized carbons (Fsp3) is 0.316. The number of guanidine groups is 1. The highest BCUT2D eigenvalue weighted by Gasteiger charge is 2.50. The monoisotopic (exact) mass is 403 g/mol. The van der Waals surface area contributed by atoms with Gasteiger partial charge in [-0.15, -0.1) is 0 Å². The molecule has 1 spiro atoms. The van der Waals surface area contributed by atoms with E-state index in [0.717, 1.165) is 13.0 Å². The predicted octanol–water partition coefficient (Wildman–Crippen LogP) is 2.13. The number of hydrogen-bond donors (Lipinski definition) is 3. The third-order valence-corrected chi connectivity index (χ3v) is 5.03. The zero-order chi connectivity index (χ0) is 20.6. The molecule has 2 fully saturated rings. The molecule has 0 saturated carbocycles. The van der Waals surface area contributed by atoms with Gasteiger partial charge in [0.25, 0.3) is 0 Å². The summed E-state index contributed by atoms with van der Waals surface area (Å²) in [5.41, 5.74) is 5.38. The SMILES string of the molecule is N=C(N)NC(=O)OCc1cccc(-c2cnc(N3CC4(CCO4)C3)c(F)c2)c1F. The number of benzene rings is 1. The van der Waals surface area contributed by atoms with E-state index in [-0.39, 0.29) is 34.7 Å². The number of alkyl carbamates (subject to hydrolysis) is 1. The Morgan fingerprint density at radius 2 is 2.17 bits per heavy atom. The van der Waals surface area contributed by atoms with Gasteiger partial charge in [-0.2, -0.15) is 0 Å². The molecular weight excluding hydrogens is 384 g/mol. The van der Waals surface area contributed by atoms with Gasteiger partial charge in [-0.3, -0.25) is 10.7 Å². The highest BCUT2D eigenvalue weighted by molar-refractivity contribution is 5.90. The largest absolute Gasteiger partial charge is 0.444 e. The molecule has 0 aliphatic carbocycles. The van der Waals surface area contributed by atoms with Crippen molar-refractivity contribution in [1.82, 2.24) is 10.3 Å². The average molecular weight is 403 g/mol. The number of halogens is 2. The molecule has 29 heavy (non-hydrogen) atoms. The van der Waals surface area contributed by atoms with Crippen LogP contribution in [0.3, 0.4) is 0 Å². The molecule has 2 aromatic rings. The van der Waals surface area contributed by atoms with E-state index in [1.165, 1.54) is 24.4 Å². The Balaban J connectivity index is 1.49. The van der Waals surface area contributed by atoms with E-state index >= 15 is 0 Å². The van der Waals surface area contributed by atoms with Crippen molar-refractivity contribution >= 4 is 17.9 Å². The second kappa shape index (κ2) is 7.28. The molecule has 2 aliphatic rings. The molecule has 1 aromatic carbocycles. The Bertz CT molecular complexity index is 972. The standard InChI is InChI=1S/C19H19F2N5O3/c20-14-6-12(7-24-16(14)26-9-19(10-26)4-5-29-19)13-3-1-2-11(15(13)21)8-28-18(27)25-17(22)23/h1-3,6-7H,4-5,8-10H2,(H4,22,23,25,27). The van der Waals surface area contributed by atoms with Crippen LogP contribution in [0.2, 0.25) is 0 Å². The third-order valence-electron chi connectivity index (χ3n) is 5.03. The molecule has 0 radical (unpaired) electrons. The van der Waals surface area contributed by atoms with Gasteiger partial charge in [-0.1, -0.05) is 18.2 Å². The van der Waals surface area contributed by atoms with Gasteiger partial charge < -0.3 is 20.1 Å². The average Bonchev–Trinajstić information content (AvgIpc) is 2.59. The smallest absolute Gasteiger partial charge is 0.414 e. The van der Waals surface area contributed by atoms with Crippen molar-refractivity contribution in [1.29, 1.82) is 5.41 Å². The number of nitrogens with two attached hydrogens (primary N) is 1. The summed E-state index contributed by atoms with van der Waals surface area (Å²) in [6, 6.07) is 5.74. The highest BCUT2D eigenvalue weighted by atomic mass is 19.1. The first-order valence-corrected chi connectivity index (χ1v) is 8.97. The summed E-state index contributed by atoms with van der Waals surface area (Å²) in [5, 5.41) is 8.89. The van der Waals surface area contributed by atoms with Gasteiger partial charge in [0, 0.05) is 29.3 Å². The first kappa shape index (κ1) is 19.1. The summed E-state index contributed by atoms with van der Waals surface area (Å²) in [6.45, 7) is 1.56. The second-order valence-electron chi connectivity index (χ2n) is 7.06. The molecule has 2 saturated heterocycles. The third kappa shape index (κ3) is 3.70. The van der Waals surface area contributed by atoms with Crippen LogP contribution >= 0.6 is 0 Å². The van der Waals surface area contributed by atoms with Crippen LogP contribution in [-0.4, -0.2) is 42.3 Å². The number of hydrogen-bond acceptors (Lipinski definition) is 6. The van der Waals surface area contributed by atoms with Gasteiger partial charge >= 0.3 is 6.09 Å². The van der Waals surface area contributed by atoms with Gasteiger partial charge in [0.15, 0.2) is 17.6 Å². The van der Waals surface area contributed by atoms with E-state index in [2.05, 4.69) is 4.98 Å². The molecule has 0 atom stereocenters. The Hall–Kier alpha value is -3.27. The number of rotatable bonds is 4. The minimum atomic E-state index is -0.970. The lowest BCUT2D eigenvalue weighted by atomic mass is 9.86. The van der Waals surface area contributed by atoms with Crippen LogP contribution in [0.4, 0.5) is 19.4 Å². The Morgan fingerprint density at radius 3 is 2.79 bits per heavy atom. The predicted molar refractivity (Wildman–Crippen MR) is 100 cm³/mol. The van der Waals surface area contributed by atoms with E-state index in [0.29, 0.717) is 13.1 Å². The summed E-state index contributed by atoms with van der Waals surface area (Å²) in [4.78, 5) is 17.4. The lowest BCUT2D eigenvalue weighted by Gasteiger charge is -2.55. The van der Waals surface area contributed by atoms with Crippen LogP contribution < -0.4 is 16.0 Å². The van der Waals surface area contributed by atoms with Crippen LogP contribution in [-0.2, 0) is 16.1 Å². The van der Waals surface area contributed by atoms with Crippen molar-refractivity contribution in [2.75, 3.05) is 24.6 Å². The van der Waals surface area contributed by atoms with Gasteiger partial charge in [0.1, 0.15) is 18.0 Å². The number of aromatic nitrogens is 1. The quantitative estimate of drug-likeness (QED) is 0.532. The van der Waals surface area contributed by atoms with Crippen LogP contribution in [0.1, 0.15) is 12.0 Å². The fourth-order valence-electron chi connectivity index (χ4n) is 3.45. The lowest BCUT2D eigenvalue weighted by molar-refractivity contribution is -0.161. The summed E-state index contributed by atoms with van der Waals surface area (Å²) in [6.07, 6.45) is 1.41. The summed E-state index contributed by atoms with van der Waals surface area (Å²) >= 11 is 0. The molecule has 10 heteroatoms. The lowest BCUT2D eigenvalue weighted by Crippen LogP contribution is -2.68. The number of pyridine rings is 1. The number of nitrogens with zero attached hydrogens (tertiary/aromatic N) is 2. The van der Waals surface area contributed by atoms with Crippen molar-refractivity contribution in [3.63, 3.8) is 0 Å². The molecule has 3 heterocycles. The minimum absolute atomic E-state index is 0.0949. The number of carbonyl (C=O) groups is 1. The van der Waals surface area contributed by atoms with Gasteiger partial charge in [0.05, 0.1) is 19.7 Å². The minimum Gasteiger partial charge on any atom is -0.444 e. The molecule has 1 amide bonds. The Morgan fingerprint density at radius 1 is 1.41 bits per heavy atom. The van der Waals surface area contributed by atoms with E-state index in [9.17, 15) is 13.6 Å². The van der Waals surface area contributed by atoms with E-state index in [4.69, 9.17) is 20.6 Å². The molecule has 2 aliphatic heterocycles. The summed E-state index contributed by atoms with van der Waals surface area (Å²) in [7, 11) is 0. The zero-order valence-electron chi connectivity index (χ0n) is 15.4. The maximum atomic E-state index is 14.8. The number of anilines is 1. The fourth-order valence-corrected chi connectivity index (χ4v) is 3.45. The highest BCUT2D eigenvalue weighted by Crippen LogP contribution is 2.39. The molecular formula is C19H19F2N5O3. The molecule has 152 valence electrons. The normalized spacial score (nSPS) is 16.7. The summed E-state index contributed by atoms with van der Waals surface area (Å²) in [5.74, 6) is -1.56. The van der Waals surface area contributed by atoms with Crippen molar-refractivity contribution in [3.05, 3.63) is 47.7 Å². The van der Waals surface area contributed by atoms with Gasteiger partial charge in [-0.05, 0) is 6.07 Å². The molecule has 4 rings (SSSR count). The molecule has 8 nitrogen and oxygen atoms in total. The van der Waals surface area contributed by atoms with E-state index in [1.807, 2.05) is 5.32 Å². The van der Waals surface area contributed by atoms with Crippen LogP contribution in [0.25, 0.3) is 11.1 Å². The molecule has 0 bridgehead atoms. The topological polar surface area (TPSA) is 114 Å². The number of carbonyl (C=O) groups excluding carboxylic acids is 1. The first-order chi connectivity index (χ1) is 13.9. The van der Waals surface area contributed by atoms with Gasteiger partial charge in [0.2, 0.25) is 0 Å². The molecule has 1 aromatic heterocycles. The van der Waals surface area contributed by atoms with Crippen molar-refractivity contribution < 1.29 is 23.0 Å². The van der Waals surface area contributed by atoms with Crippen LogP contribution in [0.5, 0.6) is 0 Å². The number of amides is 1. The number of ether oxygens (including phenoxy) is 2. The second-order valence-corrected chi connectivity index (χ2v) is 7.06. The van der Waals surface area contributed by atoms with Crippen LogP contribution in [0, 0.1) is 17.0 Å². The van der Waals surface area contributed by atoms with Crippen LogP contribution in [0.15, 0.2) is 30.5 Å². The zero-order valence-corrected chi connectivity index (χ0v) is 15.4. The summed E-state index contributed by atoms with van der Waals surface area (Å²) < 4.78 is 39.8. The maximum absolute atomic E-state index is 14.8. The van der Waals surface area contributed by atoms with E-state index < -0.39 is 23.7 Å². The maximum Gasteiger partial charge on any atom is 0.414 e.